The van der Waals surface area contributed by atoms with Gasteiger partial charge in [0, 0.05) is 10.7 Å². The van der Waals surface area contributed by atoms with E-state index in [9.17, 15) is 14.4 Å². The minimum absolute atomic E-state index is 0.220. The van der Waals surface area contributed by atoms with Gasteiger partial charge in [-0.25, -0.2) is 9.59 Å². The predicted octanol–water partition coefficient (Wildman–Crippen LogP) is 4.01. The van der Waals surface area contributed by atoms with Crippen molar-refractivity contribution >= 4 is 47.0 Å². The number of carbonyl (C=O) groups is 3. The fraction of sp³-hybridized carbons (Fsp3) is 0.286. The van der Waals surface area contributed by atoms with Crippen LogP contribution in [0.2, 0.25) is 5.02 Å². The molecule has 0 aliphatic carbocycles. The number of nitrogens with one attached hydrogen (secondary N) is 1. The number of amides is 2. The standard InChI is InChI=1S/C21H21ClN2O5S/c1-13-3-5-14(6-4-13)19-24(18(25)12-30-19)17(20(26)28-2)11-29-21(27)23-16-9-7-15(22)8-10-16/h3-10,17,19H,11-12H2,1-2H3,(H,23,27). The van der Waals surface area contributed by atoms with Crippen LogP contribution in [0.5, 0.6) is 0 Å². The number of esters is 1. The maximum Gasteiger partial charge on any atom is 0.411 e. The first-order valence-corrected chi connectivity index (χ1v) is 10.6. The van der Waals surface area contributed by atoms with E-state index in [4.69, 9.17) is 21.1 Å². The molecule has 1 fully saturated rings. The molecule has 0 bridgehead atoms. The molecule has 1 aliphatic rings. The van der Waals surface area contributed by atoms with E-state index in [0.717, 1.165) is 11.1 Å². The molecule has 3 rings (SSSR count). The summed E-state index contributed by atoms with van der Waals surface area (Å²) >= 11 is 7.24. The summed E-state index contributed by atoms with van der Waals surface area (Å²) in [6.45, 7) is 1.64. The van der Waals surface area contributed by atoms with Crippen molar-refractivity contribution in [2.24, 2.45) is 0 Å². The molecule has 2 unspecified atom stereocenters. The van der Waals surface area contributed by atoms with Crippen LogP contribution in [0.3, 0.4) is 0 Å². The molecule has 30 heavy (non-hydrogen) atoms. The van der Waals surface area contributed by atoms with Crippen molar-refractivity contribution in [3.8, 4) is 0 Å². The molecule has 2 aromatic carbocycles. The minimum Gasteiger partial charge on any atom is -0.467 e. The third-order valence-corrected chi connectivity index (χ3v) is 6.02. The first kappa shape index (κ1) is 22.0. The van der Waals surface area contributed by atoms with Crippen LogP contribution in [-0.4, -0.2) is 48.4 Å². The van der Waals surface area contributed by atoms with Crippen LogP contribution in [0.1, 0.15) is 16.5 Å². The smallest absolute Gasteiger partial charge is 0.411 e. The van der Waals surface area contributed by atoms with E-state index < -0.39 is 18.1 Å². The quantitative estimate of drug-likeness (QED) is 0.672. The summed E-state index contributed by atoms with van der Waals surface area (Å²) in [6, 6.07) is 13.2. The molecule has 1 N–H and O–H groups in total. The molecule has 2 aromatic rings. The van der Waals surface area contributed by atoms with E-state index in [1.807, 2.05) is 31.2 Å². The van der Waals surface area contributed by atoms with Gasteiger partial charge in [0.25, 0.3) is 0 Å². The SMILES string of the molecule is COC(=O)C(COC(=O)Nc1ccc(Cl)cc1)N1C(=O)CSC1c1ccc(C)cc1. The number of halogens is 1. The summed E-state index contributed by atoms with van der Waals surface area (Å²) in [5.74, 6) is -0.645. The summed E-state index contributed by atoms with van der Waals surface area (Å²) in [6.07, 6.45) is -0.752. The van der Waals surface area contributed by atoms with Crippen LogP contribution in [-0.2, 0) is 19.1 Å². The van der Waals surface area contributed by atoms with Crippen LogP contribution in [0.15, 0.2) is 48.5 Å². The van der Waals surface area contributed by atoms with Crippen molar-refractivity contribution in [3.05, 3.63) is 64.7 Å². The molecular formula is C21H21ClN2O5S. The Balaban J connectivity index is 1.73. The summed E-state index contributed by atoms with van der Waals surface area (Å²) < 4.78 is 10.1. The van der Waals surface area contributed by atoms with Crippen molar-refractivity contribution < 1.29 is 23.9 Å². The fourth-order valence-electron chi connectivity index (χ4n) is 3.00. The first-order valence-electron chi connectivity index (χ1n) is 9.15. The molecule has 2 atom stereocenters. The summed E-state index contributed by atoms with van der Waals surface area (Å²) in [5, 5.41) is 2.72. The Bertz CT molecular complexity index is 920. The lowest BCUT2D eigenvalue weighted by Crippen LogP contribution is -2.47. The predicted molar refractivity (Wildman–Crippen MR) is 115 cm³/mol. The van der Waals surface area contributed by atoms with E-state index in [-0.39, 0.29) is 23.6 Å². The molecule has 0 spiro atoms. The Hall–Kier alpha value is -2.71. The van der Waals surface area contributed by atoms with E-state index in [1.165, 1.54) is 23.8 Å². The lowest BCUT2D eigenvalue weighted by molar-refractivity contribution is -0.153. The van der Waals surface area contributed by atoms with Crippen LogP contribution < -0.4 is 5.32 Å². The molecule has 0 aromatic heterocycles. The monoisotopic (exact) mass is 448 g/mol. The second kappa shape index (κ2) is 9.86. The first-order chi connectivity index (χ1) is 14.4. The van der Waals surface area contributed by atoms with Gasteiger partial charge >= 0.3 is 12.1 Å². The van der Waals surface area contributed by atoms with Gasteiger partial charge in [0.05, 0.1) is 12.9 Å². The average Bonchev–Trinajstić information content (AvgIpc) is 3.11. The third-order valence-electron chi connectivity index (χ3n) is 4.54. The highest BCUT2D eigenvalue weighted by atomic mass is 35.5. The maximum absolute atomic E-state index is 12.6. The Morgan fingerprint density at radius 1 is 1.20 bits per heavy atom. The van der Waals surface area contributed by atoms with Crippen LogP contribution in [0, 0.1) is 6.92 Å². The Morgan fingerprint density at radius 2 is 1.87 bits per heavy atom. The van der Waals surface area contributed by atoms with Gasteiger partial charge in [0.1, 0.15) is 12.0 Å². The lowest BCUT2D eigenvalue weighted by atomic mass is 10.1. The van der Waals surface area contributed by atoms with E-state index in [2.05, 4.69) is 5.32 Å². The topological polar surface area (TPSA) is 84.9 Å². The molecule has 1 heterocycles. The molecular weight excluding hydrogens is 428 g/mol. The molecule has 158 valence electrons. The van der Waals surface area contributed by atoms with Gasteiger partial charge in [0.2, 0.25) is 5.91 Å². The molecule has 7 nitrogen and oxygen atoms in total. The van der Waals surface area contributed by atoms with Crippen molar-refractivity contribution in [2.45, 2.75) is 18.3 Å². The molecule has 1 saturated heterocycles. The van der Waals surface area contributed by atoms with Crippen molar-refractivity contribution in [3.63, 3.8) is 0 Å². The minimum atomic E-state index is -1.06. The van der Waals surface area contributed by atoms with Crippen molar-refractivity contribution in [1.82, 2.24) is 4.90 Å². The Labute approximate surface area is 183 Å². The van der Waals surface area contributed by atoms with Gasteiger partial charge in [-0.05, 0) is 36.8 Å². The number of thioether (sulfide) groups is 1. The Morgan fingerprint density at radius 3 is 2.50 bits per heavy atom. The highest BCUT2D eigenvalue weighted by molar-refractivity contribution is 8.00. The van der Waals surface area contributed by atoms with Gasteiger partial charge in [-0.15, -0.1) is 11.8 Å². The Kier molecular flexibility index (Phi) is 7.23. The number of hydrogen-bond donors (Lipinski definition) is 1. The van der Waals surface area contributed by atoms with Crippen molar-refractivity contribution in [1.29, 1.82) is 0 Å². The van der Waals surface area contributed by atoms with Gasteiger partial charge in [-0.1, -0.05) is 41.4 Å². The third kappa shape index (κ3) is 5.25. The lowest BCUT2D eigenvalue weighted by Gasteiger charge is -2.30. The van der Waals surface area contributed by atoms with E-state index in [0.29, 0.717) is 10.7 Å². The van der Waals surface area contributed by atoms with Crippen LogP contribution in [0.25, 0.3) is 0 Å². The van der Waals surface area contributed by atoms with Gasteiger partial charge < -0.3 is 14.4 Å². The number of rotatable bonds is 6. The van der Waals surface area contributed by atoms with Crippen LogP contribution in [0.4, 0.5) is 10.5 Å². The zero-order chi connectivity index (χ0) is 21.7. The number of aryl methyl sites for hydroxylation is 1. The van der Waals surface area contributed by atoms with Gasteiger partial charge in [-0.2, -0.15) is 0 Å². The number of benzene rings is 2. The molecule has 0 saturated carbocycles. The fourth-order valence-corrected chi connectivity index (χ4v) is 4.35. The van der Waals surface area contributed by atoms with E-state index >= 15 is 0 Å². The highest BCUT2D eigenvalue weighted by Gasteiger charge is 2.42. The highest BCUT2D eigenvalue weighted by Crippen LogP contribution is 2.40. The van der Waals surface area contributed by atoms with Crippen molar-refractivity contribution in [2.75, 3.05) is 24.8 Å². The zero-order valence-corrected chi connectivity index (χ0v) is 18.0. The van der Waals surface area contributed by atoms with Gasteiger partial charge in [0.15, 0.2) is 6.04 Å². The summed E-state index contributed by atoms with van der Waals surface area (Å²) in [5.41, 5.74) is 2.46. The summed E-state index contributed by atoms with van der Waals surface area (Å²) in [7, 11) is 1.23. The second-order valence-corrected chi connectivity index (χ2v) is 8.15. The largest absolute Gasteiger partial charge is 0.467 e. The summed E-state index contributed by atoms with van der Waals surface area (Å²) in [4.78, 5) is 38.6. The average molecular weight is 449 g/mol. The number of carbonyl (C=O) groups excluding carboxylic acids is 3. The second-order valence-electron chi connectivity index (χ2n) is 6.64. The number of methoxy groups -OCH3 is 1. The number of anilines is 1. The number of hydrogen-bond acceptors (Lipinski definition) is 6. The molecule has 2 amide bonds. The van der Waals surface area contributed by atoms with Gasteiger partial charge in [-0.3, -0.25) is 10.1 Å². The normalized spacial score (nSPS) is 16.8. The molecule has 9 heteroatoms. The van der Waals surface area contributed by atoms with E-state index in [1.54, 1.807) is 24.3 Å². The molecule has 0 radical (unpaired) electrons. The number of ether oxygens (including phenoxy) is 2. The number of nitrogens with zero attached hydrogens (tertiary/aromatic N) is 1. The van der Waals surface area contributed by atoms with Crippen LogP contribution >= 0.6 is 23.4 Å². The molecule has 1 aliphatic heterocycles. The zero-order valence-electron chi connectivity index (χ0n) is 16.5. The maximum atomic E-state index is 12.6.